The molecule has 0 atom stereocenters. The van der Waals surface area contributed by atoms with E-state index in [9.17, 15) is 4.79 Å². The third kappa shape index (κ3) is 1.98. The molecule has 0 saturated carbocycles. The highest BCUT2D eigenvalue weighted by atomic mass is 35.5. The van der Waals surface area contributed by atoms with Crippen LogP contribution in [0, 0.1) is 0 Å². The maximum Gasteiger partial charge on any atom is 0.194 e. The maximum atomic E-state index is 12.7. The molecule has 0 aromatic heterocycles. The number of hydrogen-bond acceptors (Lipinski definition) is 1. The first-order valence-corrected chi connectivity index (χ1v) is 7.64. The van der Waals surface area contributed by atoms with Crippen LogP contribution < -0.4 is 10.6 Å². The van der Waals surface area contributed by atoms with E-state index in [1.54, 1.807) is 12.1 Å². The highest BCUT2D eigenvalue weighted by molar-refractivity contribution is 6.35. The van der Waals surface area contributed by atoms with Crippen LogP contribution in [0.1, 0.15) is 5.56 Å². The van der Waals surface area contributed by atoms with E-state index < -0.39 is 0 Å². The summed E-state index contributed by atoms with van der Waals surface area (Å²) in [4.78, 5) is 12.7. The second kappa shape index (κ2) is 4.98. The molecule has 0 saturated heterocycles. The molecule has 4 aromatic rings. The molecule has 1 nitrogen and oxygen atoms in total. The van der Waals surface area contributed by atoms with Gasteiger partial charge in [-0.2, -0.15) is 0 Å². The minimum atomic E-state index is 0.0396. The standard InChI is InChI=1S/C19H10Cl2O/c20-13-8-7-12(17(21)10-13)9-16-14-5-1-3-11-4-2-6-15(18(11)14)19(16)22/h1-10H/b16-9-. The molecule has 22 heavy (non-hydrogen) atoms. The van der Waals surface area contributed by atoms with Crippen LogP contribution in [0.4, 0.5) is 0 Å². The molecule has 0 aliphatic heterocycles. The average molecular weight is 325 g/mol. The van der Waals surface area contributed by atoms with E-state index >= 15 is 0 Å². The molecule has 0 bridgehead atoms. The van der Waals surface area contributed by atoms with Crippen molar-refractivity contribution in [3.63, 3.8) is 0 Å². The molecule has 0 heterocycles. The van der Waals surface area contributed by atoms with Gasteiger partial charge in [-0.15, -0.1) is 0 Å². The minimum absolute atomic E-state index is 0.0396. The van der Waals surface area contributed by atoms with Gasteiger partial charge in [0.05, 0.1) is 0 Å². The molecule has 3 heteroatoms. The minimum Gasteiger partial charge on any atom is -0.289 e. The summed E-state index contributed by atoms with van der Waals surface area (Å²) < 4.78 is 0. The summed E-state index contributed by atoms with van der Waals surface area (Å²) in [6.45, 7) is 0. The Hall–Kier alpha value is -2.09. The fourth-order valence-electron chi connectivity index (χ4n) is 2.94. The van der Waals surface area contributed by atoms with Crippen LogP contribution >= 0.6 is 23.2 Å². The van der Waals surface area contributed by atoms with Crippen LogP contribution in [-0.2, 0) is 0 Å². The van der Waals surface area contributed by atoms with Crippen molar-refractivity contribution >= 4 is 50.8 Å². The van der Waals surface area contributed by atoms with Crippen molar-refractivity contribution in [2.45, 2.75) is 0 Å². The van der Waals surface area contributed by atoms with Crippen molar-refractivity contribution in [3.8, 4) is 0 Å². The normalized spacial score (nSPS) is 12.5. The maximum absolute atomic E-state index is 12.7. The van der Waals surface area contributed by atoms with Crippen molar-refractivity contribution in [1.82, 2.24) is 0 Å². The van der Waals surface area contributed by atoms with Crippen molar-refractivity contribution in [1.29, 1.82) is 0 Å². The topological polar surface area (TPSA) is 17.1 Å². The monoisotopic (exact) mass is 324 g/mol. The van der Waals surface area contributed by atoms with Gasteiger partial charge < -0.3 is 0 Å². The molecule has 0 aliphatic carbocycles. The molecule has 106 valence electrons. The van der Waals surface area contributed by atoms with Gasteiger partial charge >= 0.3 is 0 Å². The fourth-order valence-corrected chi connectivity index (χ4v) is 3.40. The first-order valence-electron chi connectivity index (χ1n) is 6.89. The second-order valence-electron chi connectivity index (χ2n) is 5.26. The van der Waals surface area contributed by atoms with Crippen molar-refractivity contribution in [3.05, 3.63) is 85.6 Å². The Morgan fingerprint density at radius 2 is 1.59 bits per heavy atom. The summed E-state index contributed by atoms with van der Waals surface area (Å²) in [6, 6.07) is 17.1. The highest BCUT2D eigenvalue weighted by Gasteiger charge is 2.10. The van der Waals surface area contributed by atoms with Crippen molar-refractivity contribution < 1.29 is 0 Å². The zero-order chi connectivity index (χ0) is 15.3. The summed E-state index contributed by atoms with van der Waals surface area (Å²) >= 11 is 12.2. The van der Waals surface area contributed by atoms with Gasteiger partial charge in [0.1, 0.15) is 0 Å². The summed E-state index contributed by atoms with van der Waals surface area (Å²) in [6.07, 6.45) is 1.84. The van der Waals surface area contributed by atoms with Gasteiger partial charge in [-0.05, 0) is 34.5 Å². The number of rotatable bonds is 1. The Kier molecular flexibility index (Phi) is 3.07. The Bertz CT molecular complexity index is 1110. The molecule has 0 N–H and O–H groups in total. The second-order valence-corrected chi connectivity index (χ2v) is 6.11. The SMILES string of the molecule is O=c1/c(=C\c2ccc(Cl)cc2Cl)c2cccc3cccc1c32. The average Bonchev–Trinajstić information content (AvgIpc) is 2.78. The molecule has 0 fully saturated rings. The third-order valence-electron chi connectivity index (χ3n) is 3.95. The summed E-state index contributed by atoms with van der Waals surface area (Å²) in [5, 5.41) is 5.61. The molecule has 0 radical (unpaired) electrons. The van der Waals surface area contributed by atoms with Crippen LogP contribution in [0.3, 0.4) is 0 Å². The molecular weight excluding hydrogens is 315 g/mol. The quantitative estimate of drug-likeness (QED) is 0.498. The third-order valence-corrected chi connectivity index (χ3v) is 4.51. The molecule has 4 aromatic carbocycles. The smallest absolute Gasteiger partial charge is 0.194 e. The molecule has 0 amide bonds. The molecule has 0 aliphatic rings. The van der Waals surface area contributed by atoms with Gasteiger partial charge in [-0.1, -0.05) is 65.7 Å². The first-order chi connectivity index (χ1) is 10.6. The molecular formula is C19H10Cl2O. The predicted molar refractivity (Wildman–Crippen MR) is 94.2 cm³/mol. The Balaban J connectivity index is 2.15. The summed E-state index contributed by atoms with van der Waals surface area (Å²) in [5.74, 6) is 0. The van der Waals surface area contributed by atoms with E-state index in [1.165, 1.54) is 0 Å². The molecule has 4 rings (SSSR count). The predicted octanol–water partition coefficient (Wildman–Crippen LogP) is 4.65. The summed E-state index contributed by atoms with van der Waals surface area (Å²) in [7, 11) is 0. The van der Waals surface area contributed by atoms with Crippen LogP contribution in [0.15, 0.2) is 59.4 Å². The van der Waals surface area contributed by atoms with Gasteiger partial charge in [0, 0.05) is 26.0 Å². The van der Waals surface area contributed by atoms with Crippen molar-refractivity contribution in [2.24, 2.45) is 0 Å². The zero-order valence-electron chi connectivity index (χ0n) is 11.4. The molecule has 0 spiro atoms. The zero-order valence-corrected chi connectivity index (χ0v) is 12.9. The van der Waals surface area contributed by atoms with E-state index in [0.29, 0.717) is 15.3 Å². The largest absolute Gasteiger partial charge is 0.289 e. The van der Waals surface area contributed by atoms with Gasteiger partial charge in [-0.3, -0.25) is 4.79 Å². The lowest BCUT2D eigenvalue weighted by Gasteiger charge is -1.98. The lowest BCUT2D eigenvalue weighted by atomic mass is 10.1. The van der Waals surface area contributed by atoms with Crippen LogP contribution in [0.2, 0.25) is 10.0 Å². The van der Waals surface area contributed by atoms with Gasteiger partial charge in [0.15, 0.2) is 5.43 Å². The van der Waals surface area contributed by atoms with Crippen LogP contribution in [0.5, 0.6) is 0 Å². The van der Waals surface area contributed by atoms with E-state index in [0.717, 1.165) is 27.1 Å². The van der Waals surface area contributed by atoms with Gasteiger partial charge in [-0.25, -0.2) is 0 Å². The van der Waals surface area contributed by atoms with Crippen LogP contribution in [-0.4, -0.2) is 0 Å². The molecule has 0 unspecified atom stereocenters. The van der Waals surface area contributed by atoms with E-state index in [1.807, 2.05) is 48.5 Å². The van der Waals surface area contributed by atoms with Gasteiger partial charge in [0.2, 0.25) is 0 Å². The first kappa shape index (κ1) is 13.6. The summed E-state index contributed by atoms with van der Waals surface area (Å²) in [5.41, 5.74) is 0.831. The van der Waals surface area contributed by atoms with E-state index in [-0.39, 0.29) is 5.43 Å². The Morgan fingerprint density at radius 3 is 2.32 bits per heavy atom. The van der Waals surface area contributed by atoms with E-state index in [4.69, 9.17) is 23.2 Å². The van der Waals surface area contributed by atoms with Gasteiger partial charge in [0.25, 0.3) is 0 Å². The Morgan fingerprint density at radius 1 is 0.864 bits per heavy atom. The number of hydrogen-bond donors (Lipinski definition) is 0. The Labute approximate surface area is 136 Å². The number of benzene rings is 3. The lowest BCUT2D eigenvalue weighted by Crippen LogP contribution is -2.19. The van der Waals surface area contributed by atoms with Crippen molar-refractivity contribution in [2.75, 3.05) is 0 Å². The van der Waals surface area contributed by atoms with Crippen LogP contribution in [0.25, 0.3) is 27.6 Å². The van der Waals surface area contributed by atoms with E-state index in [2.05, 4.69) is 0 Å². The lowest BCUT2D eigenvalue weighted by molar-refractivity contribution is 1.61. The highest BCUT2D eigenvalue weighted by Crippen LogP contribution is 2.24. The number of halogens is 2. The fraction of sp³-hybridized carbons (Fsp3) is 0.